The van der Waals surface area contributed by atoms with Gasteiger partial charge in [-0.1, -0.05) is 54.4 Å². The van der Waals surface area contributed by atoms with Crippen LogP contribution in [0.15, 0.2) is 66.2 Å². The third-order valence-corrected chi connectivity index (χ3v) is 5.66. The molecule has 0 aromatic heterocycles. The minimum absolute atomic E-state index is 0.230. The minimum atomic E-state index is -0.925. The van der Waals surface area contributed by atoms with Crippen LogP contribution in [-0.4, -0.2) is 24.1 Å². The predicted octanol–water partition coefficient (Wildman–Crippen LogP) is 6.48. The number of methoxy groups -OCH3 is 1. The number of carbonyl (C=O) groups is 2. The summed E-state index contributed by atoms with van der Waals surface area (Å²) in [7, 11) is 1.57. The van der Waals surface area contributed by atoms with Gasteiger partial charge in [-0.3, -0.25) is 4.79 Å². The molecule has 2 N–H and O–H groups in total. The molecule has 0 aliphatic heterocycles. The lowest BCUT2D eigenvalue weighted by molar-refractivity contribution is -0.132. The number of hydrogen-bond acceptors (Lipinski definition) is 3. The largest absolute Gasteiger partial charge is 0.496 e. The highest BCUT2D eigenvalue weighted by atomic mass is 35.5. The molecule has 0 unspecified atom stereocenters. The van der Waals surface area contributed by atoms with E-state index >= 15 is 0 Å². The molecule has 0 fully saturated rings. The van der Waals surface area contributed by atoms with Gasteiger partial charge in [-0.05, 0) is 65.6 Å². The molecule has 5 nitrogen and oxygen atoms in total. The number of ether oxygens (including phenoxy) is 1. The molecule has 0 spiro atoms. The van der Waals surface area contributed by atoms with Crippen LogP contribution in [0, 0.1) is 0 Å². The lowest BCUT2D eigenvalue weighted by Gasteiger charge is -2.13. The van der Waals surface area contributed by atoms with Crippen LogP contribution in [0.1, 0.15) is 34.8 Å². The average molecular weight is 484 g/mol. The molecule has 1 amide bonds. The van der Waals surface area contributed by atoms with E-state index in [1.165, 1.54) is 6.07 Å². The van der Waals surface area contributed by atoms with Gasteiger partial charge in [0.25, 0.3) is 5.91 Å². The number of carboxylic acids is 1. The molecule has 0 saturated heterocycles. The fraction of sp³-hybridized carbons (Fsp3) is 0.154. The number of carboxylic acid groups (broad SMARTS) is 1. The van der Waals surface area contributed by atoms with Gasteiger partial charge in [-0.25, -0.2) is 4.79 Å². The molecule has 3 rings (SSSR count). The Hall–Kier alpha value is -3.28. The summed E-state index contributed by atoms with van der Waals surface area (Å²) in [6.45, 7) is 2.04. The van der Waals surface area contributed by atoms with Gasteiger partial charge in [0, 0.05) is 22.7 Å². The monoisotopic (exact) mass is 483 g/mol. The Bertz CT molecular complexity index is 1220. The van der Waals surface area contributed by atoms with E-state index in [2.05, 4.69) is 5.32 Å². The number of nitrogens with one attached hydrogen (secondary N) is 1. The number of aliphatic carboxylic acids is 1. The van der Waals surface area contributed by atoms with Gasteiger partial charge in [0.1, 0.15) is 5.75 Å². The van der Waals surface area contributed by atoms with E-state index in [9.17, 15) is 14.7 Å². The standard InChI is InChI=1S/C26H23Cl2NO4/c1-3-17(26(31)32)11-16-5-4-6-18(12-16)19-7-10-24(33-2)20(13-19)15-29-25(30)22-9-8-21(27)14-23(22)28/h4-14H,3,15H2,1-2H3,(H,29,30)(H,31,32). The van der Waals surface area contributed by atoms with Gasteiger partial charge >= 0.3 is 5.97 Å². The minimum Gasteiger partial charge on any atom is -0.496 e. The van der Waals surface area contributed by atoms with Crippen molar-refractivity contribution in [1.29, 1.82) is 0 Å². The van der Waals surface area contributed by atoms with E-state index in [0.29, 0.717) is 28.3 Å². The Morgan fingerprint density at radius 2 is 1.79 bits per heavy atom. The first-order chi connectivity index (χ1) is 15.8. The van der Waals surface area contributed by atoms with E-state index in [1.807, 2.05) is 49.4 Å². The van der Waals surface area contributed by atoms with Crippen molar-refractivity contribution in [1.82, 2.24) is 5.32 Å². The van der Waals surface area contributed by atoms with Crippen LogP contribution in [0.4, 0.5) is 0 Å². The van der Waals surface area contributed by atoms with Gasteiger partial charge in [0.2, 0.25) is 0 Å². The van der Waals surface area contributed by atoms with Crippen molar-refractivity contribution in [2.24, 2.45) is 0 Å². The van der Waals surface area contributed by atoms with E-state index in [1.54, 1.807) is 25.3 Å². The fourth-order valence-electron chi connectivity index (χ4n) is 3.36. The van der Waals surface area contributed by atoms with Crippen LogP contribution < -0.4 is 10.1 Å². The summed E-state index contributed by atoms with van der Waals surface area (Å²) in [6, 6.07) is 18.0. The molecule has 0 aliphatic carbocycles. The van der Waals surface area contributed by atoms with Crippen LogP contribution in [0.3, 0.4) is 0 Å². The lowest BCUT2D eigenvalue weighted by atomic mass is 9.99. The Balaban J connectivity index is 1.86. The Kier molecular flexibility index (Phi) is 8.15. The first-order valence-corrected chi connectivity index (χ1v) is 11.0. The maximum atomic E-state index is 12.6. The SMILES string of the molecule is CCC(=Cc1cccc(-c2ccc(OC)c(CNC(=O)c3ccc(Cl)cc3Cl)c2)c1)C(=O)O. The van der Waals surface area contributed by atoms with Crippen LogP contribution in [0.2, 0.25) is 10.0 Å². The summed E-state index contributed by atoms with van der Waals surface area (Å²) in [5.41, 5.74) is 4.09. The molecule has 0 saturated carbocycles. The molecule has 33 heavy (non-hydrogen) atoms. The van der Waals surface area contributed by atoms with Crippen molar-refractivity contribution in [3.05, 3.63) is 93.0 Å². The maximum absolute atomic E-state index is 12.6. The Labute approximate surface area is 202 Å². The van der Waals surface area contributed by atoms with Gasteiger partial charge in [0.05, 0.1) is 17.7 Å². The highest BCUT2D eigenvalue weighted by molar-refractivity contribution is 6.36. The van der Waals surface area contributed by atoms with Crippen molar-refractivity contribution < 1.29 is 19.4 Å². The second-order valence-electron chi connectivity index (χ2n) is 7.29. The van der Waals surface area contributed by atoms with Crippen molar-refractivity contribution in [3.8, 4) is 16.9 Å². The van der Waals surface area contributed by atoms with Crippen LogP contribution >= 0.6 is 23.2 Å². The summed E-state index contributed by atoms with van der Waals surface area (Å²) in [6.07, 6.45) is 2.11. The van der Waals surface area contributed by atoms with E-state index < -0.39 is 5.97 Å². The number of amides is 1. The predicted molar refractivity (Wildman–Crippen MR) is 132 cm³/mol. The molecule has 0 atom stereocenters. The van der Waals surface area contributed by atoms with Crippen molar-refractivity contribution >= 4 is 41.2 Å². The molecule has 170 valence electrons. The average Bonchev–Trinajstić information content (AvgIpc) is 2.80. The number of hydrogen-bond donors (Lipinski definition) is 2. The number of rotatable bonds is 8. The highest BCUT2D eigenvalue weighted by Crippen LogP contribution is 2.28. The van der Waals surface area contributed by atoms with Crippen molar-refractivity contribution in [2.45, 2.75) is 19.9 Å². The van der Waals surface area contributed by atoms with Gasteiger partial charge in [0.15, 0.2) is 0 Å². The Morgan fingerprint density at radius 3 is 2.45 bits per heavy atom. The lowest BCUT2D eigenvalue weighted by Crippen LogP contribution is -2.23. The topological polar surface area (TPSA) is 75.6 Å². The molecule has 0 bridgehead atoms. The first-order valence-electron chi connectivity index (χ1n) is 10.3. The number of benzene rings is 3. The molecule has 7 heteroatoms. The summed E-state index contributed by atoms with van der Waals surface area (Å²) < 4.78 is 5.46. The first kappa shape index (κ1) is 24.4. The summed E-state index contributed by atoms with van der Waals surface area (Å²) >= 11 is 12.0. The van der Waals surface area contributed by atoms with Crippen LogP contribution in [0.25, 0.3) is 17.2 Å². The third-order valence-electron chi connectivity index (χ3n) is 5.11. The van der Waals surface area contributed by atoms with E-state index in [0.717, 1.165) is 22.3 Å². The van der Waals surface area contributed by atoms with Gasteiger partial charge < -0.3 is 15.2 Å². The second-order valence-corrected chi connectivity index (χ2v) is 8.13. The summed E-state index contributed by atoms with van der Waals surface area (Å²) in [5, 5.41) is 12.9. The summed E-state index contributed by atoms with van der Waals surface area (Å²) in [4.78, 5) is 23.9. The van der Waals surface area contributed by atoms with Crippen LogP contribution in [0.5, 0.6) is 5.75 Å². The molecule has 3 aromatic rings. The van der Waals surface area contributed by atoms with E-state index in [-0.39, 0.29) is 17.5 Å². The molecular formula is C26H23Cl2NO4. The fourth-order valence-corrected chi connectivity index (χ4v) is 3.86. The second kappa shape index (κ2) is 11.0. The number of carbonyl (C=O) groups excluding carboxylic acids is 1. The maximum Gasteiger partial charge on any atom is 0.331 e. The van der Waals surface area contributed by atoms with E-state index in [4.69, 9.17) is 27.9 Å². The number of halogens is 2. The van der Waals surface area contributed by atoms with Gasteiger partial charge in [-0.15, -0.1) is 0 Å². The molecule has 3 aromatic carbocycles. The summed E-state index contributed by atoms with van der Waals surface area (Å²) in [5.74, 6) is -0.611. The zero-order valence-electron chi connectivity index (χ0n) is 18.2. The normalized spacial score (nSPS) is 11.2. The van der Waals surface area contributed by atoms with Gasteiger partial charge in [-0.2, -0.15) is 0 Å². The van der Waals surface area contributed by atoms with Crippen molar-refractivity contribution in [3.63, 3.8) is 0 Å². The zero-order valence-corrected chi connectivity index (χ0v) is 19.7. The molecule has 0 aliphatic rings. The van der Waals surface area contributed by atoms with Crippen LogP contribution in [-0.2, 0) is 11.3 Å². The molecule has 0 heterocycles. The van der Waals surface area contributed by atoms with Crippen molar-refractivity contribution in [2.75, 3.05) is 7.11 Å². The highest BCUT2D eigenvalue weighted by Gasteiger charge is 2.13. The molecule has 0 radical (unpaired) electrons. The quantitative estimate of drug-likeness (QED) is 0.359. The zero-order chi connectivity index (χ0) is 24.0. The smallest absolute Gasteiger partial charge is 0.331 e. The Morgan fingerprint density at radius 1 is 1.03 bits per heavy atom. The molecular weight excluding hydrogens is 461 g/mol. The third kappa shape index (κ3) is 6.15.